The minimum atomic E-state index is -0.812. The Balaban J connectivity index is 2.02. The molecule has 1 aromatic rings. The van der Waals surface area contributed by atoms with Gasteiger partial charge in [0.15, 0.2) is 0 Å². The molecule has 1 heterocycles. The number of benzene rings is 1. The lowest BCUT2D eigenvalue weighted by atomic mass is 10.1. The number of hydrogen-bond donors (Lipinski definition) is 1. The van der Waals surface area contributed by atoms with Gasteiger partial charge in [-0.15, -0.1) is 0 Å². The van der Waals surface area contributed by atoms with Gasteiger partial charge in [0.25, 0.3) is 0 Å². The van der Waals surface area contributed by atoms with E-state index in [4.69, 9.17) is 0 Å². The summed E-state index contributed by atoms with van der Waals surface area (Å²) in [6.45, 7) is 4.08. The Labute approximate surface area is 87.2 Å². The van der Waals surface area contributed by atoms with Gasteiger partial charge in [0.1, 0.15) is 0 Å². The molecule has 1 unspecified atom stereocenters. The van der Waals surface area contributed by atoms with Crippen LogP contribution in [0.2, 0.25) is 0 Å². The Kier molecular flexibility index (Phi) is 2.99. The molecule has 0 aliphatic carbocycles. The summed E-state index contributed by atoms with van der Waals surface area (Å²) in [7, 11) is -0.812. The summed E-state index contributed by atoms with van der Waals surface area (Å²) < 4.78 is 11.9. The summed E-state index contributed by atoms with van der Waals surface area (Å²) >= 11 is 0. The van der Waals surface area contributed by atoms with Crippen LogP contribution >= 0.6 is 0 Å². The SMILES string of the molecule is Cc1cccc(S(=O)CC2CNC2)c1. The van der Waals surface area contributed by atoms with E-state index in [1.54, 1.807) is 0 Å². The van der Waals surface area contributed by atoms with Crippen molar-refractivity contribution in [1.29, 1.82) is 0 Å². The zero-order valence-corrected chi connectivity index (χ0v) is 9.14. The Morgan fingerprint density at radius 3 is 2.86 bits per heavy atom. The van der Waals surface area contributed by atoms with Crippen LogP contribution in [0.15, 0.2) is 29.2 Å². The van der Waals surface area contributed by atoms with Gasteiger partial charge in [-0.2, -0.15) is 0 Å². The van der Waals surface area contributed by atoms with Gasteiger partial charge < -0.3 is 5.32 Å². The third kappa shape index (κ3) is 2.22. The van der Waals surface area contributed by atoms with E-state index in [1.807, 2.05) is 31.2 Å². The minimum absolute atomic E-state index is 0.608. The lowest BCUT2D eigenvalue weighted by Gasteiger charge is -2.26. The molecule has 3 heteroatoms. The van der Waals surface area contributed by atoms with Crippen LogP contribution in [-0.2, 0) is 10.8 Å². The summed E-state index contributed by atoms with van der Waals surface area (Å²) in [6.07, 6.45) is 0. The predicted molar refractivity (Wildman–Crippen MR) is 58.8 cm³/mol. The maximum Gasteiger partial charge on any atom is 0.0533 e. The first-order valence-corrected chi connectivity index (χ1v) is 6.23. The lowest BCUT2D eigenvalue weighted by Crippen LogP contribution is -2.44. The first-order chi connectivity index (χ1) is 6.75. The van der Waals surface area contributed by atoms with Crippen LogP contribution in [0.1, 0.15) is 5.56 Å². The summed E-state index contributed by atoms with van der Waals surface area (Å²) in [5.41, 5.74) is 1.18. The molecule has 0 aromatic heterocycles. The molecule has 2 rings (SSSR count). The second kappa shape index (κ2) is 4.24. The maximum atomic E-state index is 11.9. The first-order valence-electron chi connectivity index (χ1n) is 4.91. The smallest absolute Gasteiger partial charge is 0.0533 e. The second-order valence-electron chi connectivity index (χ2n) is 3.85. The molecule has 1 aliphatic heterocycles. The van der Waals surface area contributed by atoms with Crippen molar-refractivity contribution in [3.05, 3.63) is 29.8 Å². The zero-order valence-electron chi connectivity index (χ0n) is 8.32. The quantitative estimate of drug-likeness (QED) is 0.813. The fourth-order valence-corrected chi connectivity index (χ4v) is 2.94. The van der Waals surface area contributed by atoms with Crippen LogP contribution in [0.4, 0.5) is 0 Å². The van der Waals surface area contributed by atoms with Gasteiger partial charge in [-0.3, -0.25) is 4.21 Å². The molecule has 0 amide bonds. The molecular weight excluding hydrogens is 194 g/mol. The number of aryl methyl sites for hydroxylation is 1. The van der Waals surface area contributed by atoms with Gasteiger partial charge in [0, 0.05) is 23.7 Å². The standard InChI is InChI=1S/C11H15NOS/c1-9-3-2-4-11(5-9)14(13)8-10-6-12-7-10/h2-5,10,12H,6-8H2,1H3. The Morgan fingerprint density at radius 2 is 2.29 bits per heavy atom. The summed E-state index contributed by atoms with van der Waals surface area (Å²) in [4.78, 5) is 0.969. The van der Waals surface area contributed by atoms with Crippen molar-refractivity contribution in [1.82, 2.24) is 5.32 Å². The van der Waals surface area contributed by atoms with Crippen LogP contribution in [0, 0.1) is 12.8 Å². The van der Waals surface area contributed by atoms with E-state index < -0.39 is 10.8 Å². The molecule has 14 heavy (non-hydrogen) atoms. The van der Waals surface area contributed by atoms with Crippen LogP contribution < -0.4 is 5.32 Å². The second-order valence-corrected chi connectivity index (χ2v) is 5.35. The van der Waals surface area contributed by atoms with Gasteiger partial charge >= 0.3 is 0 Å². The van der Waals surface area contributed by atoms with Gasteiger partial charge in [0.2, 0.25) is 0 Å². The van der Waals surface area contributed by atoms with Crippen molar-refractivity contribution in [2.75, 3.05) is 18.8 Å². The van der Waals surface area contributed by atoms with Crippen molar-refractivity contribution in [3.63, 3.8) is 0 Å². The molecule has 1 fully saturated rings. The number of rotatable bonds is 3. The van der Waals surface area contributed by atoms with Crippen LogP contribution in [0.3, 0.4) is 0 Å². The summed E-state index contributed by atoms with van der Waals surface area (Å²) in [5, 5.41) is 3.19. The average molecular weight is 209 g/mol. The number of hydrogen-bond acceptors (Lipinski definition) is 2. The molecule has 1 aromatic carbocycles. The van der Waals surface area contributed by atoms with E-state index in [1.165, 1.54) is 5.56 Å². The topological polar surface area (TPSA) is 29.1 Å². The van der Waals surface area contributed by atoms with Crippen molar-refractivity contribution in [2.24, 2.45) is 5.92 Å². The monoisotopic (exact) mass is 209 g/mol. The maximum absolute atomic E-state index is 11.9. The van der Waals surface area contributed by atoms with Crippen molar-refractivity contribution >= 4 is 10.8 Å². The molecule has 1 atom stereocenters. The highest BCUT2D eigenvalue weighted by molar-refractivity contribution is 7.85. The molecule has 1 saturated heterocycles. The van der Waals surface area contributed by atoms with Crippen LogP contribution in [0.25, 0.3) is 0 Å². The van der Waals surface area contributed by atoms with Gasteiger partial charge in [-0.1, -0.05) is 12.1 Å². The van der Waals surface area contributed by atoms with E-state index in [0.29, 0.717) is 5.92 Å². The van der Waals surface area contributed by atoms with E-state index in [9.17, 15) is 4.21 Å². The van der Waals surface area contributed by atoms with E-state index in [-0.39, 0.29) is 0 Å². The predicted octanol–water partition coefficient (Wildman–Crippen LogP) is 1.32. The minimum Gasteiger partial charge on any atom is -0.316 e. The van der Waals surface area contributed by atoms with Crippen LogP contribution in [-0.4, -0.2) is 23.1 Å². The van der Waals surface area contributed by atoms with Crippen molar-refractivity contribution in [2.45, 2.75) is 11.8 Å². The van der Waals surface area contributed by atoms with E-state index in [2.05, 4.69) is 5.32 Å². The zero-order chi connectivity index (χ0) is 9.97. The van der Waals surface area contributed by atoms with Gasteiger partial charge in [-0.05, 0) is 30.5 Å². The third-order valence-electron chi connectivity index (χ3n) is 2.51. The fourth-order valence-electron chi connectivity index (χ4n) is 1.53. The molecule has 0 saturated carbocycles. The molecule has 0 bridgehead atoms. The first kappa shape index (κ1) is 9.87. The van der Waals surface area contributed by atoms with Gasteiger partial charge in [0.05, 0.1) is 10.8 Å². The molecule has 76 valence electrons. The highest BCUT2D eigenvalue weighted by Gasteiger charge is 2.19. The lowest BCUT2D eigenvalue weighted by molar-refractivity contribution is 0.382. The number of nitrogens with one attached hydrogen (secondary N) is 1. The summed E-state index contributed by atoms with van der Waals surface area (Å²) in [6, 6.07) is 7.98. The average Bonchev–Trinajstić information content (AvgIpc) is 2.11. The summed E-state index contributed by atoms with van der Waals surface area (Å²) in [5.74, 6) is 1.41. The Morgan fingerprint density at radius 1 is 1.50 bits per heavy atom. The van der Waals surface area contributed by atoms with Crippen LogP contribution in [0.5, 0.6) is 0 Å². The fraction of sp³-hybridized carbons (Fsp3) is 0.455. The Hall–Kier alpha value is -0.670. The normalized spacial score (nSPS) is 18.9. The molecule has 1 N–H and O–H groups in total. The third-order valence-corrected chi connectivity index (χ3v) is 4.06. The van der Waals surface area contributed by atoms with Crippen molar-refractivity contribution < 1.29 is 4.21 Å². The molecule has 1 aliphatic rings. The van der Waals surface area contributed by atoms with Gasteiger partial charge in [-0.25, -0.2) is 0 Å². The molecule has 0 radical (unpaired) electrons. The van der Waals surface area contributed by atoms with Crippen molar-refractivity contribution in [3.8, 4) is 0 Å². The molecular formula is C11H15NOS. The largest absolute Gasteiger partial charge is 0.316 e. The molecule has 2 nitrogen and oxygen atoms in total. The molecule has 0 spiro atoms. The highest BCUT2D eigenvalue weighted by atomic mass is 32.2. The van der Waals surface area contributed by atoms with E-state index >= 15 is 0 Å². The van der Waals surface area contributed by atoms with E-state index in [0.717, 1.165) is 23.7 Å². The highest BCUT2D eigenvalue weighted by Crippen LogP contribution is 2.13. The Bertz CT molecular complexity index is 347.